The van der Waals surface area contributed by atoms with Crippen molar-refractivity contribution in [3.05, 3.63) is 0 Å². The standard InChI is InChI=1S/C9H19NO/c1-4-9(6-11-7-9)10-5-8(2)3/h8,10H,4-7H2,1-3H3. The summed E-state index contributed by atoms with van der Waals surface area (Å²) in [5.74, 6) is 0.735. The van der Waals surface area contributed by atoms with Gasteiger partial charge in [-0.3, -0.25) is 0 Å². The highest BCUT2D eigenvalue weighted by Gasteiger charge is 2.35. The molecule has 0 aromatic rings. The topological polar surface area (TPSA) is 21.3 Å². The van der Waals surface area contributed by atoms with Crippen LogP contribution in [0.1, 0.15) is 27.2 Å². The predicted molar refractivity (Wildman–Crippen MR) is 46.7 cm³/mol. The molecular weight excluding hydrogens is 138 g/mol. The van der Waals surface area contributed by atoms with Crippen LogP contribution in [0.15, 0.2) is 0 Å². The SMILES string of the molecule is CCC1(NCC(C)C)COC1. The van der Waals surface area contributed by atoms with Gasteiger partial charge in [0, 0.05) is 0 Å². The molecule has 0 amide bonds. The highest BCUT2D eigenvalue weighted by molar-refractivity contribution is 4.92. The van der Waals surface area contributed by atoms with Gasteiger partial charge >= 0.3 is 0 Å². The van der Waals surface area contributed by atoms with E-state index in [9.17, 15) is 0 Å². The van der Waals surface area contributed by atoms with Gasteiger partial charge in [0.25, 0.3) is 0 Å². The van der Waals surface area contributed by atoms with Crippen LogP contribution in [0, 0.1) is 5.92 Å². The summed E-state index contributed by atoms with van der Waals surface area (Å²) >= 11 is 0. The van der Waals surface area contributed by atoms with Gasteiger partial charge in [0.05, 0.1) is 18.8 Å². The molecule has 11 heavy (non-hydrogen) atoms. The van der Waals surface area contributed by atoms with Crippen LogP contribution >= 0.6 is 0 Å². The molecule has 0 saturated carbocycles. The molecule has 1 aliphatic rings. The second kappa shape index (κ2) is 3.55. The maximum atomic E-state index is 5.20. The van der Waals surface area contributed by atoms with Crippen molar-refractivity contribution < 1.29 is 4.74 Å². The smallest absolute Gasteiger partial charge is 0.0671 e. The van der Waals surface area contributed by atoms with E-state index in [1.165, 1.54) is 6.42 Å². The van der Waals surface area contributed by atoms with Gasteiger partial charge in [-0.15, -0.1) is 0 Å². The minimum Gasteiger partial charge on any atom is -0.377 e. The summed E-state index contributed by atoms with van der Waals surface area (Å²) in [7, 11) is 0. The Labute approximate surface area is 69.3 Å². The summed E-state index contributed by atoms with van der Waals surface area (Å²) in [5.41, 5.74) is 0.324. The van der Waals surface area contributed by atoms with Crippen LogP contribution in [0.2, 0.25) is 0 Å². The molecule has 0 radical (unpaired) electrons. The van der Waals surface area contributed by atoms with Crippen molar-refractivity contribution in [3.8, 4) is 0 Å². The minimum absolute atomic E-state index is 0.324. The lowest BCUT2D eigenvalue weighted by atomic mass is 9.93. The molecule has 0 spiro atoms. The van der Waals surface area contributed by atoms with Crippen LogP contribution in [-0.2, 0) is 4.74 Å². The van der Waals surface area contributed by atoms with E-state index in [1.54, 1.807) is 0 Å². The van der Waals surface area contributed by atoms with Gasteiger partial charge in [0.15, 0.2) is 0 Å². The van der Waals surface area contributed by atoms with E-state index in [0.29, 0.717) is 5.54 Å². The van der Waals surface area contributed by atoms with E-state index >= 15 is 0 Å². The molecule has 0 aliphatic carbocycles. The summed E-state index contributed by atoms with van der Waals surface area (Å²) in [6, 6.07) is 0. The molecule has 0 aromatic heterocycles. The first-order valence-electron chi connectivity index (χ1n) is 4.51. The second-order valence-electron chi connectivity index (χ2n) is 3.90. The first-order chi connectivity index (χ1) is 5.18. The van der Waals surface area contributed by atoms with Crippen LogP contribution in [-0.4, -0.2) is 25.3 Å². The quantitative estimate of drug-likeness (QED) is 0.666. The Morgan fingerprint density at radius 1 is 1.45 bits per heavy atom. The lowest BCUT2D eigenvalue weighted by Gasteiger charge is -2.42. The van der Waals surface area contributed by atoms with Gasteiger partial charge in [-0.1, -0.05) is 20.8 Å². The number of rotatable bonds is 4. The molecule has 1 heterocycles. The minimum atomic E-state index is 0.324. The highest BCUT2D eigenvalue weighted by atomic mass is 16.5. The van der Waals surface area contributed by atoms with E-state index in [-0.39, 0.29) is 0 Å². The van der Waals surface area contributed by atoms with Crippen molar-refractivity contribution in [2.45, 2.75) is 32.7 Å². The van der Waals surface area contributed by atoms with Gasteiger partial charge in [-0.2, -0.15) is 0 Å². The zero-order chi connectivity index (χ0) is 8.32. The van der Waals surface area contributed by atoms with Crippen LogP contribution in [0.5, 0.6) is 0 Å². The third kappa shape index (κ3) is 2.17. The summed E-state index contributed by atoms with van der Waals surface area (Å²) in [4.78, 5) is 0. The van der Waals surface area contributed by atoms with Gasteiger partial charge in [-0.25, -0.2) is 0 Å². The number of nitrogens with one attached hydrogen (secondary N) is 1. The average Bonchev–Trinajstić information content (AvgIpc) is 1.86. The maximum absolute atomic E-state index is 5.20. The van der Waals surface area contributed by atoms with Crippen LogP contribution in [0.4, 0.5) is 0 Å². The lowest BCUT2D eigenvalue weighted by Crippen LogP contribution is -2.60. The second-order valence-corrected chi connectivity index (χ2v) is 3.90. The van der Waals surface area contributed by atoms with Gasteiger partial charge in [-0.05, 0) is 18.9 Å². The van der Waals surface area contributed by atoms with Crippen molar-refractivity contribution in [2.24, 2.45) is 5.92 Å². The third-order valence-corrected chi connectivity index (χ3v) is 2.32. The van der Waals surface area contributed by atoms with E-state index in [2.05, 4.69) is 26.1 Å². The molecule has 1 fully saturated rings. The molecule has 0 aromatic carbocycles. The molecule has 0 unspecified atom stereocenters. The zero-order valence-corrected chi connectivity index (χ0v) is 7.81. The molecule has 0 bridgehead atoms. The third-order valence-electron chi connectivity index (χ3n) is 2.32. The number of hydrogen-bond donors (Lipinski definition) is 1. The zero-order valence-electron chi connectivity index (χ0n) is 7.81. The first-order valence-corrected chi connectivity index (χ1v) is 4.51. The van der Waals surface area contributed by atoms with Crippen LogP contribution in [0.25, 0.3) is 0 Å². The van der Waals surface area contributed by atoms with Crippen molar-refractivity contribution >= 4 is 0 Å². The fourth-order valence-electron chi connectivity index (χ4n) is 1.20. The Hall–Kier alpha value is -0.0800. The fourth-order valence-corrected chi connectivity index (χ4v) is 1.20. The molecule has 0 atom stereocenters. The maximum Gasteiger partial charge on any atom is 0.0671 e. The Kier molecular flexibility index (Phi) is 2.90. The lowest BCUT2D eigenvalue weighted by molar-refractivity contribution is -0.0769. The summed E-state index contributed by atoms with van der Waals surface area (Å²) in [5, 5.41) is 3.56. The monoisotopic (exact) mass is 157 g/mol. The highest BCUT2D eigenvalue weighted by Crippen LogP contribution is 2.20. The summed E-state index contributed by atoms with van der Waals surface area (Å²) in [6.45, 7) is 9.59. The van der Waals surface area contributed by atoms with E-state index in [4.69, 9.17) is 4.74 Å². The molecular formula is C9H19NO. The van der Waals surface area contributed by atoms with Gasteiger partial charge in [0.2, 0.25) is 0 Å². The Morgan fingerprint density at radius 3 is 2.36 bits per heavy atom. The normalized spacial score (nSPS) is 21.8. The van der Waals surface area contributed by atoms with Crippen molar-refractivity contribution in [1.82, 2.24) is 5.32 Å². The Morgan fingerprint density at radius 2 is 2.09 bits per heavy atom. The van der Waals surface area contributed by atoms with Crippen molar-refractivity contribution in [3.63, 3.8) is 0 Å². The number of ether oxygens (including phenoxy) is 1. The van der Waals surface area contributed by atoms with Crippen LogP contribution < -0.4 is 5.32 Å². The van der Waals surface area contributed by atoms with E-state index < -0.39 is 0 Å². The van der Waals surface area contributed by atoms with Crippen LogP contribution in [0.3, 0.4) is 0 Å². The van der Waals surface area contributed by atoms with Crippen molar-refractivity contribution in [2.75, 3.05) is 19.8 Å². The van der Waals surface area contributed by atoms with Crippen molar-refractivity contribution in [1.29, 1.82) is 0 Å². The van der Waals surface area contributed by atoms with Gasteiger partial charge in [0.1, 0.15) is 0 Å². The predicted octanol–water partition coefficient (Wildman–Crippen LogP) is 1.41. The summed E-state index contributed by atoms with van der Waals surface area (Å²) in [6.07, 6.45) is 1.18. The largest absolute Gasteiger partial charge is 0.377 e. The molecule has 1 aliphatic heterocycles. The first kappa shape index (κ1) is 9.01. The average molecular weight is 157 g/mol. The number of hydrogen-bond acceptors (Lipinski definition) is 2. The fraction of sp³-hybridized carbons (Fsp3) is 1.00. The Bertz CT molecular complexity index is 113. The van der Waals surface area contributed by atoms with Gasteiger partial charge < -0.3 is 10.1 Å². The molecule has 2 heteroatoms. The van der Waals surface area contributed by atoms with E-state index in [1.807, 2.05) is 0 Å². The molecule has 66 valence electrons. The Balaban J connectivity index is 2.22. The summed E-state index contributed by atoms with van der Waals surface area (Å²) < 4.78 is 5.20. The van der Waals surface area contributed by atoms with E-state index in [0.717, 1.165) is 25.7 Å². The molecule has 1 saturated heterocycles. The molecule has 2 nitrogen and oxygen atoms in total. The molecule has 1 rings (SSSR count). The molecule has 1 N–H and O–H groups in total.